The van der Waals surface area contributed by atoms with Gasteiger partial charge < -0.3 is 0 Å². The van der Waals surface area contributed by atoms with Gasteiger partial charge >= 0.3 is 0 Å². The molecule has 0 unspecified atom stereocenters. The normalized spacial score (nSPS) is 15.4. The molecule has 4 heteroatoms. The number of aromatic nitrogens is 3. The summed E-state index contributed by atoms with van der Waals surface area (Å²) in [6.45, 7) is 4.63. The SMILES string of the molecule is CC1(C)c2cccc3c4ccccc4n(c23)-c2nc3sccn3c21. The van der Waals surface area contributed by atoms with E-state index in [9.17, 15) is 0 Å². The lowest BCUT2D eigenvalue weighted by Gasteiger charge is -2.31. The number of rotatable bonds is 0. The molecule has 3 nitrogen and oxygen atoms in total. The fourth-order valence-electron chi connectivity index (χ4n) is 4.38. The van der Waals surface area contributed by atoms with E-state index in [1.807, 2.05) is 0 Å². The van der Waals surface area contributed by atoms with Crippen LogP contribution in [0.1, 0.15) is 25.1 Å². The summed E-state index contributed by atoms with van der Waals surface area (Å²) in [5.41, 5.74) is 5.11. The molecule has 0 bridgehead atoms. The minimum absolute atomic E-state index is 0.0836. The van der Waals surface area contributed by atoms with Crippen LogP contribution in [0.3, 0.4) is 0 Å². The highest BCUT2D eigenvalue weighted by atomic mass is 32.1. The molecule has 0 amide bonds. The minimum Gasteiger partial charge on any atom is -0.292 e. The van der Waals surface area contributed by atoms with E-state index in [1.54, 1.807) is 11.3 Å². The first kappa shape index (κ1) is 12.8. The third-order valence-electron chi connectivity index (χ3n) is 5.42. The molecule has 0 fully saturated rings. The zero-order valence-corrected chi connectivity index (χ0v) is 14.3. The van der Waals surface area contributed by atoms with Crippen molar-refractivity contribution in [3.05, 3.63) is 65.3 Å². The van der Waals surface area contributed by atoms with E-state index in [4.69, 9.17) is 4.98 Å². The first-order valence-electron chi connectivity index (χ1n) is 8.17. The quantitative estimate of drug-likeness (QED) is 0.386. The summed E-state index contributed by atoms with van der Waals surface area (Å²) in [5, 5.41) is 4.73. The molecular weight excluding hydrogens is 314 g/mol. The van der Waals surface area contributed by atoms with Crippen molar-refractivity contribution in [3.8, 4) is 5.82 Å². The Hall–Kier alpha value is -2.59. The Balaban J connectivity index is 1.98. The van der Waals surface area contributed by atoms with Crippen molar-refractivity contribution in [1.29, 1.82) is 0 Å². The van der Waals surface area contributed by atoms with Crippen LogP contribution in [0.25, 0.3) is 32.6 Å². The number of fused-ring (bicyclic) bond motifs is 7. The van der Waals surface area contributed by atoms with Crippen LogP contribution in [0.2, 0.25) is 0 Å². The third-order valence-corrected chi connectivity index (χ3v) is 6.17. The van der Waals surface area contributed by atoms with Gasteiger partial charge in [-0.2, -0.15) is 0 Å². The number of imidazole rings is 1. The molecule has 0 saturated heterocycles. The number of thiazole rings is 1. The fraction of sp³-hybridized carbons (Fsp3) is 0.150. The van der Waals surface area contributed by atoms with Crippen molar-refractivity contribution in [1.82, 2.24) is 14.0 Å². The first-order chi connectivity index (χ1) is 11.7. The van der Waals surface area contributed by atoms with Crippen molar-refractivity contribution in [2.75, 3.05) is 0 Å². The van der Waals surface area contributed by atoms with Crippen LogP contribution in [0.15, 0.2) is 54.0 Å². The molecule has 0 atom stereocenters. The average Bonchev–Trinajstić information content (AvgIpc) is 3.23. The lowest BCUT2D eigenvalue weighted by molar-refractivity contribution is 0.600. The Labute approximate surface area is 142 Å². The van der Waals surface area contributed by atoms with E-state index in [0.29, 0.717) is 0 Å². The molecule has 4 heterocycles. The van der Waals surface area contributed by atoms with E-state index < -0.39 is 0 Å². The van der Waals surface area contributed by atoms with Crippen molar-refractivity contribution < 1.29 is 0 Å². The lowest BCUT2D eigenvalue weighted by atomic mass is 9.78. The zero-order valence-electron chi connectivity index (χ0n) is 13.4. The maximum absolute atomic E-state index is 5.00. The van der Waals surface area contributed by atoms with Gasteiger partial charge in [-0.25, -0.2) is 4.98 Å². The molecule has 1 aliphatic heterocycles. The Morgan fingerprint density at radius 1 is 1.00 bits per heavy atom. The minimum atomic E-state index is -0.0836. The predicted octanol–water partition coefficient (Wildman–Crippen LogP) is 5.13. The summed E-state index contributed by atoms with van der Waals surface area (Å²) in [4.78, 5) is 6.06. The molecule has 1 aliphatic rings. The fourth-order valence-corrected chi connectivity index (χ4v) is 5.09. The van der Waals surface area contributed by atoms with Gasteiger partial charge in [0.05, 0.1) is 16.7 Å². The van der Waals surface area contributed by atoms with Crippen LogP contribution in [0.5, 0.6) is 0 Å². The Kier molecular flexibility index (Phi) is 2.08. The number of benzene rings is 2. The summed E-state index contributed by atoms with van der Waals surface area (Å²) >= 11 is 1.70. The van der Waals surface area contributed by atoms with Gasteiger partial charge in [-0.3, -0.25) is 8.97 Å². The number of hydrogen-bond donors (Lipinski definition) is 0. The summed E-state index contributed by atoms with van der Waals surface area (Å²) in [5.74, 6) is 1.08. The second-order valence-electron chi connectivity index (χ2n) is 7.02. The Morgan fingerprint density at radius 3 is 2.75 bits per heavy atom. The Bertz CT molecular complexity index is 1280. The Morgan fingerprint density at radius 2 is 1.83 bits per heavy atom. The molecular formula is C20H15N3S. The van der Waals surface area contributed by atoms with E-state index in [-0.39, 0.29) is 5.41 Å². The molecule has 6 rings (SSSR count). The maximum Gasteiger partial charge on any atom is 0.195 e. The molecule has 3 aromatic heterocycles. The molecule has 2 aromatic carbocycles. The van der Waals surface area contributed by atoms with Crippen LogP contribution >= 0.6 is 11.3 Å². The van der Waals surface area contributed by atoms with Crippen LogP contribution < -0.4 is 0 Å². The monoisotopic (exact) mass is 329 g/mol. The molecule has 0 saturated carbocycles. The maximum atomic E-state index is 5.00. The van der Waals surface area contributed by atoms with E-state index in [0.717, 1.165) is 10.8 Å². The van der Waals surface area contributed by atoms with Gasteiger partial charge in [0, 0.05) is 27.8 Å². The van der Waals surface area contributed by atoms with Gasteiger partial charge in [-0.05, 0) is 25.5 Å². The standard InChI is InChI=1S/C20H15N3S/c1-20(2)14-8-5-7-13-12-6-3-4-9-15(12)23(16(13)14)18-17(20)22-10-11-24-19(22)21-18/h3-11H,1-2H3. The van der Waals surface area contributed by atoms with Gasteiger partial charge in [0.25, 0.3) is 0 Å². The highest BCUT2D eigenvalue weighted by Gasteiger charge is 2.38. The third kappa shape index (κ3) is 1.25. The summed E-state index contributed by atoms with van der Waals surface area (Å²) in [7, 11) is 0. The van der Waals surface area contributed by atoms with Crippen LogP contribution in [-0.2, 0) is 5.41 Å². The summed E-state index contributed by atoms with van der Waals surface area (Å²) in [6.07, 6.45) is 2.14. The first-order valence-corrected chi connectivity index (χ1v) is 9.05. The van der Waals surface area contributed by atoms with Gasteiger partial charge in [0.15, 0.2) is 10.8 Å². The average molecular weight is 329 g/mol. The zero-order chi connectivity index (χ0) is 16.1. The number of hydrogen-bond acceptors (Lipinski definition) is 2. The molecule has 24 heavy (non-hydrogen) atoms. The highest BCUT2D eigenvalue weighted by Crippen LogP contribution is 2.47. The van der Waals surface area contributed by atoms with Gasteiger partial charge in [0.2, 0.25) is 0 Å². The largest absolute Gasteiger partial charge is 0.292 e. The van der Waals surface area contributed by atoms with E-state index >= 15 is 0 Å². The molecule has 5 aromatic rings. The highest BCUT2D eigenvalue weighted by molar-refractivity contribution is 7.15. The second kappa shape index (κ2) is 3.90. The molecule has 116 valence electrons. The van der Waals surface area contributed by atoms with Crippen molar-refractivity contribution in [2.24, 2.45) is 0 Å². The van der Waals surface area contributed by atoms with Crippen LogP contribution in [0.4, 0.5) is 0 Å². The number of para-hydroxylation sites is 2. The summed E-state index contributed by atoms with van der Waals surface area (Å²) < 4.78 is 4.62. The molecule has 0 spiro atoms. The second-order valence-corrected chi connectivity index (χ2v) is 7.89. The van der Waals surface area contributed by atoms with Crippen molar-refractivity contribution in [2.45, 2.75) is 19.3 Å². The van der Waals surface area contributed by atoms with Crippen LogP contribution in [-0.4, -0.2) is 14.0 Å². The smallest absolute Gasteiger partial charge is 0.195 e. The molecule has 0 N–H and O–H groups in total. The topological polar surface area (TPSA) is 22.2 Å². The van der Waals surface area contributed by atoms with E-state index in [2.05, 4.69) is 76.9 Å². The molecule has 0 radical (unpaired) electrons. The molecule has 0 aliphatic carbocycles. The van der Waals surface area contributed by atoms with Gasteiger partial charge in [0.1, 0.15) is 0 Å². The van der Waals surface area contributed by atoms with Crippen molar-refractivity contribution in [3.63, 3.8) is 0 Å². The van der Waals surface area contributed by atoms with Gasteiger partial charge in [-0.15, -0.1) is 11.3 Å². The van der Waals surface area contributed by atoms with E-state index in [1.165, 1.54) is 33.1 Å². The van der Waals surface area contributed by atoms with Gasteiger partial charge in [-0.1, -0.05) is 36.4 Å². The predicted molar refractivity (Wildman–Crippen MR) is 99.5 cm³/mol. The van der Waals surface area contributed by atoms with Crippen molar-refractivity contribution >= 4 is 38.1 Å². The van der Waals surface area contributed by atoms with Crippen LogP contribution in [0, 0.1) is 0 Å². The summed E-state index contributed by atoms with van der Waals surface area (Å²) in [6, 6.07) is 15.3. The number of nitrogens with zero attached hydrogens (tertiary/aromatic N) is 3. The lowest BCUT2D eigenvalue weighted by Crippen LogP contribution is -2.27.